The van der Waals surface area contributed by atoms with E-state index in [0.29, 0.717) is 11.6 Å². The van der Waals surface area contributed by atoms with E-state index in [0.717, 1.165) is 28.7 Å². The van der Waals surface area contributed by atoms with Crippen LogP contribution in [0.4, 0.5) is 5.13 Å². The number of unbranched alkanes of at least 4 members (excludes halogenated alkanes) is 8. The molecule has 29 heavy (non-hydrogen) atoms. The van der Waals surface area contributed by atoms with Gasteiger partial charge in [0.2, 0.25) is 11.0 Å². The van der Waals surface area contributed by atoms with Gasteiger partial charge in [-0.2, -0.15) is 0 Å². The summed E-state index contributed by atoms with van der Waals surface area (Å²) in [5.41, 5.74) is 1.17. The predicted octanol–water partition coefficient (Wildman–Crippen LogP) is 6.70. The molecule has 1 aromatic heterocycles. The zero-order valence-corrected chi connectivity index (χ0v) is 19.2. The van der Waals surface area contributed by atoms with Crippen LogP contribution >= 0.6 is 23.1 Å². The number of nitrogens with zero attached hydrogens (tertiary/aromatic N) is 2. The van der Waals surface area contributed by atoms with E-state index in [-0.39, 0.29) is 5.91 Å². The van der Waals surface area contributed by atoms with Gasteiger partial charge < -0.3 is 10.1 Å². The molecule has 2 rings (SSSR count). The number of methoxy groups -OCH3 is 1. The van der Waals surface area contributed by atoms with Crippen molar-refractivity contribution in [3.8, 4) is 5.75 Å². The molecule has 0 atom stereocenters. The molecule has 0 aliphatic carbocycles. The third kappa shape index (κ3) is 10.1. The van der Waals surface area contributed by atoms with E-state index in [9.17, 15) is 4.79 Å². The molecule has 0 saturated carbocycles. The molecule has 0 fully saturated rings. The Morgan fingerprint density at radius 2 is 1.79 bits per heavy atom. The van der Waals surface area contributed by atoms with Crippen LogP contribution in [0.2, 0.25) is 0 Å². The van der Waals surface area contributed by atoms with Gasteiger partial charge in [-0.15, -0.1) is 10.2 Å². The minimum absolute atomic E-state index is 0.0356. The summed E-state index contributed by atoms with van der Waals surface area (Å²) in [7, 11) is 1.67. The summed E-state index contributed by atoms with van der Waals surface area (Å²) in [6.07, 6.45) is 11.8. The fraction of sp³-hybridized carbons (Fsp3) is 0.591. The zero-order chi connectivity index (χ0) is 20.7. The summed E-state index contributed by atoms with van der Waals surface area (Å²) in [5, 5.41) is 11.7. The monoisotopic (exact) mass is 435 g/mol. The average Bonchev–Trinajstić information content (AvgIpc) is 3.18. The fourth-order valence-electron chi connectivity index (χ4n) is 3.00. The first-order valence-electron chi connectivity index (χ1n) is 10.6. The van der Waals surface area contributed by atoms with Gasteiger partial charge in [-0.1, -0.05) is 93.5 Å². The second-order valence-corrected chi connectivity index (χ2v) is 9.34. The van der Waals surface area contributed by atoms with E-state index < -0.39 is 0 Å². The van der Waals surface area contributed by atoms with E-state index >= 15 is 0 Å². The van der Waals surface area contributed by atoms with Gasteiger partial charge in [0.15, 0.2) is 4.34 Å². The molecular formula is C22H33N3O2S2. The van der Waals surface area contributed by atoms with Gasteiger partial charge in [-0.25, -0.2) is 0 Å². The summed E-state index contributed by atoms with van der Waals surface area (Å²) in [5.74, 6) is 1.68. The summed E-state index contributed by atoms with van der Waals surface area (Å²) in [6, 6.07) is 7.99. The standard InChI is InChI=1S/C22H33N3O2S2/c1-3-4-5-6-7-8-9-10-11-15-20(26)23-21-24-25-22(29-21)28-17-18-13-12-14-19(16-18)27-2/h12-14,16H,3-11,15,17H2,1-2H3,(H,23,24,26). The lowest BCUT2D eigenvalue weighted by molar-refractivity contribution is -0.116. The lowest BCUT2D eigenvalue weighted by atomic mass is 10.1. The predicted molar refractivity (Wildman–Crippen MR) is 123 cm³/mol. The SMILES string of the molecule is CCCCCCCCCCCC(=O)Nc1nnc(SCc2cccc(OC)c2)s1. The maximum Gasteiger partial charge on any atom is 0.226 e. The van der Waals surface area contributed by atoms with Crippen LogP contribution in [0, 0.1) is 0 Å². The number of amides is 1. The molecule has 0 aliphatic rings. The molecule has 5 nitrogen and oxygen atoms in total. The van der Waals surface area contributed by atoms with Gasteiger partial charge >= 0.3 is 0 Å². The molecule has 0 aliphatic heterocycles. The molecule has 0 saturated heterocycles. The average molecular weight is 436 g/mol. The topological polar surface area (TPSA) is 64.1 Å². The second-order valence-electron chi connectivity index (χ2n) is 7.14. The van der Waals surface area contributed by atoms with Gasteiger partial charge in [0.25, 0.3) is 0 Å². The van der Waals surface area contributed by atoms with E-state index in [1.165, 1.54) is 61.8 Å². The Morgan fingerprint density at radius 1 is 1.07 bits per heavy atom. The van der Waals surface area contributed by atoms with Gasteiger partial charge in [-0.3, -0.25) is 4.79 Å². The van der Waals surface area contributed by atoms with Crippen LogP contribution in [0.3, 0.4) is 0 Å². The van der Waals surface area contributed by atoms with Crippen molar-refractivity contribution in [2.45, 2.75) is 81.2 Å². The van der Waals surface area contributed by atoms with E-state index in [1.54, 1.807) is 18.9 Å². The number of thioether (sulfide) groups is 1. The van der Waals surface area contributed by atoms with Crippen LogP contribution in [-0.4, -0.2) is 23.2 Å². The van der Waals surface area contributed by atoms with E-state index in [1.807, 2.05) is 18.2 Å². The van der Waals surface area contributed by atoms with Crippen LogP contribution in [0.25, 0.3) is 0 Å². The van der Waals surface area contributed by atoms with Crippen LogP contribution < -0.4 is 10.1 Å². The normalized spacial score (nSPS) is 10.8. The number of rotatable bonds is 15. The lowest BCUT2D eigenvalue weighted by Gasteiger charge is -2.03. The second kappa shape index (κ2) is 14.4. The number of hydrogen-bond donors (Lipinski definition) is 1. The maximum atomic E-state index is 12.1. The lowest BCUT2D eigenvalue weighted by Crippen LogP contribution is -2.10. The number of ether oxygens (including phenoxy) is 1. The molecule has 1 amide bonds. The van der Waals surface area contributed by atoms with Gasteiger partial charge in [0, 0.05) is 12.2 Å². The molecule has 1 heterocycles. The van der Waals surface area contributed by atoms with Crippen molar-refractivity contribution in [1.29, 1.82) is 0 Å². The molecular weight excluding hydrogens is 402 g/mol. The summed E-state index contributed by atoms with van der Waals surface area (Å²) >= 11 is 3.04. The first kappa shape index (κ1) is 23.7. The largest absolute Gasteiger partial charge is 0.497 e. The highest BCUT2D eigenvalue weighted by Crippen LogP contribution is 2.29. The zero-order valence-electron chi connectivity index (χ0n) is 17.6. The van der Waals surface area contributed by atoms with Crippen molar-refractivity contribution < 1.29 is 9.53 Å². The molecule has 1 aromatic carbocycles. The number of benzene rings is 1. The highest BCUT2D eigenvalue weighted by molar-refractivity contribution is 8.00. The Balaban J connectivity index is 1.58. The van der Waals surface area contributed by atoms with Crippen LogP contribution in [0.5, 0.6) is 5.75 Å². The van der Waals surface area contributed by atoms with Crippen molar-refractivity contribution >= 4 is 34.1 Å². The van der Waals surface area contributed by atoms with Crippen LogP contribution in [-0.2, 0) is 10.5 Å². The van der Waals surface area contributed by atoms with Crippen LogP contribution in [0.1, 0.15) is 76.7 Å². The number of hydrogen-bond acceptors (Lipinski definition) is 6. The first-order valence-corrected chi connectivity index (χ1v) is 12.4. The molecule has 0 bridgehead atoms. The van der Waals surface area contributed by atoms with Gasteiger partial charge in [-0.05, 0) is 24.1 Å². The highest BCUT2D eigenvalue weighted by atomic mass is 32.2. The Kier molecular flexibility index (Phi) is 11.8. The minimum atomic E-state index is 0.0356. The van der Waals surface area contributed by atoms with Crippen molar-refractivity contribution in [1.82, 2.24) is 10.2 Å². The molecule has 160 valence electrons. The number of aromatic nitrogens is 2. The van der Waals surface area contributed by atoms with Crippen LogP contribution in [0.15, 0.2) is 28.6 Å². The first-order chi connectivity index (χ1) is 14.2. The third-order valence-electron chi connectivity index (χ3n) is 4.66. The minimum Gasteiger partial charge on any atom is -0.497 e. The summed E-state index contributed by atoms with van der Waals surface area (Å²) < 4.78 is 6.10. The number of carbonyl (C=O) groups excluding carboxylic acids is 1. The quantitative estimate of drug-likeness (QED) is 0.192. The molecule has 0 radical (unpaired) electrons. The Morgan fingerprint density at radius 3 is 2.52 bits per heavy atom. The summed E-state index contributed by atoms with van der Waals surface area (Å²) in [6.45, 7) is 2.24. The summed E-state index contributed by atoms with van der Waals surface area (Å²) in [4.78, 5) is 12.1. The number of carbonyl (C=O) groups is 1. The molecule has 2 aromatic rings. The van der Waals surface area contributed by atoms with Gasteiger partial charge in [0.05, 0.1) is 7.11 Å². The highest BCUT2D eigenvalue weighted by Gasteiger charge is 2.09. The smallest absolute Gasteiger partial charge is 0.226 e. The van der Waals surface area contributed by atoms with Crippen molar-refractivity contribution in [3.63, 3.8) is 0 Å². The number of nitrogens with one attached hydrogen (secondary N) is 1. The maximum absolute atomic E-state index is 12.1. The Hall–Kier alpha value is -1.60. The third-order valence-corrected chi connectivity index (χ3v) is 6.70. The fourth-order valence-corrected chi connectivity index (χ4v) is 4.72. The molecule has 0 spiro atoms. The van der Waals surface area contributed by atoms with E-state index in [4.69, 9.17) is 4.74 Å². The molecule has 0 unspecified atom stereocenters. The van der Waals surface area contributed by atoms with Crippen molar-refractivity contribution in [3.05, 3.63) is 29.8 Å². The van der Waals surface area contributed by atoms with Gasteiger partial charge in [0.1, 0.15) is 5.75 Å². The number of anilines is 1. The Labute approximate surface area is 183 Å². The van der Waals surface area contributed by atoms with Crippen molar-refractivity contribution in [2.24, 2.45) is 0 Å². The molecule has 7 heteroatoms. The molecule has 1 N–H and O–H groups in total. The Bertz CT molecular complexity index is 722. The van der Waals surface area contributed by atoms with Crippen molar-refractivity contribution in [2.75, 3.05) is 12.4 Å². The van der Waals surface area contributed by atoms with E-state index in [2.05, 4.69) is 28.5 Å².